The van der Waals surface area contributed by atoms with E-state index in [2.05, 4.69) is 0 Å². The minimum atomic E-state index is -0.0729. The van der Waals surface area contributed by atoms with Crippen LogP contribution in [0.4, 0.5) is 0 Å². The summed E-state index contributed by atoms with van der Waals surface area (Å²) in [4.78, 5) is 14.2. The Morgan fingerprint density at radius 1 is 1.47 bits per heavy atom. The second kappa shape index (κ2) is 5.78. The number of nitrogens with zero attached hydrogens (tertiary/aromatic N) is 1. The van der Waals surface area contributed by atoms with Crippen LogP contribution >= 0.6 is 23.2 Å². The van der Waals surface area contributed by atoms with Crippen LogP contribution in [0.5, 0.6) is 0 Å². The van der Waals surface area contributed by atoms with Gasteiger partial charge in [-0.1, -0.05) is 12.8 Å². The van der Waals surface area contributed by atoms with Gasteiger partial charge in [-0.25, -0.2) is 0 Å². The highest BCUT2D eigenvalue weighted by Crippen LogP contribution is 2.27. The van der Waals surface area contributed by atoms with Crippen LogP contribution in [0.15, 0.2) is 16.7 Å². The summed E-state index contributed by atoms with van der Waals surface area (Å²) in [5.41, 5.74) is 0.434. The molecule has 3 nitrogen and oxygen atoms in total. The molecule has 0 bridgehead atoms. The molecule has 0 atom stereocenters. The molecule has 0 aliphatic heterocycles. The van der Waals surface area contributed by atoms with Crippen molar-refractivity contribution >= 4 is 29.1 Å². The number of amides is 1. The largest absolute Gasteiger partial charge is 0.452 e. The van der Waals surface area contributed by atoms with Gasteiger partial charge in [0.25, 0.3) is 5.91 Å². The molecule has 1 aliphatic carbocycles. The molecule has 0 N–H and O–H groups in total. The molecule has 94 valence electrons. The van der Waals surface area contributed by atoms with Gasteiger partial charge < -0.3 is 9.32 Å². The van der Waals surface area contributed by atoms with Crippen molar-refractivity contribution in [2.75, 3.05) is 12.4 Å². The third-order valence-corrected chi connectivity index (χ3v) is 3.66. The fourth-order valence-corrected chi connectivity index (χ4v) is 2.74. The first-order valence-corrected chi connectivity index (χ1v) is 6.75. The molecule has 2 rings (SSSR count). The predicted octanol–water partition coefficient (Wildman–Crippen LogP) is 3.56. The number of carbonyl (C=O) groups excluding carboxylic acids is 1. The van der Waals surface area contributed by atoms with E-state index in [9.17, 15) is 4.79 Å². The lowest BCUT2D eigenvalue weighted by Gasteiger charge is -2.28. The van der Waals surface area contributed by atoms with Gasteiger partial charge in [-0.05, 0) is 30.5 Å². The molecule has 0 saturated heterocycles. The first-order chi connectivity index (χ1) is 8.24. The Morgan fingerprint density at radius 2 is 2.18 bits per heavy atom. The molecule has 5 heteroatoms. The summed E-state index contributed by atoms with van der Waals surface area (Å²) in [5, 5.41) is 0.160. The highest BCUT2D eigenvalue weighted by atomic mass is 35.5. The molecule has 0 unspecified atom stereocenters. The lowest BCUT2D eigenvalue weighted by atomic mass is 10.2. The molecule has 1 aliphatic rings. The van der Waals surface area contributed by atoms with Crippen LogP contribution in [0, 0.1) is 0 Å². The summed E-state index contributed by atoms with van der Waals surface area (Å²) in [5.74, 6) is 0.369. The number of hydrogen-bond donors (Lipinski definition) is 0. The molecule has 1 aromatic heterocycles. The highest BCUT2D eigenvalue weighted by molar-refractivity contribution is 6.32. The van der Waals surface area contributed by atoms with Crippen LogP contribution in [0.1, 0.15) is 36.0 Å². The number of hydrogen-bond acceptors (Lipinski definition) is 2. The zero-order chi connectivity index (χ0) is 12.3. The molecule has 1 aromatic rings. The van der Waals surface area contributed by atoms with E-state index in [0.29, 0.717) is 24.0 Å². The van der Waals surface area contributed by atoms with Crippen molar-refractivity contribution in [3.8, 4) is 0 Å². The van der Waals surface area contributed by atoms with Crippen LogP contribution in [0.3, 0.4) is 0 Å². The minimum absolute atomic E-state index is 0.0729. The van der Waals surface area contributed by atoms with Gasteiger partial charge in [0.2, 0.25) is 5.22 Å². The molecule has 1 heterocycles. The van der Waals surface area contributed by atoms with E-state index in [1.54, 1.807) is 6.07 Å². The summed E-state index contributed by atoms with van der Waals surface area (Å²) < 4.78 is 4.96. The predicted molar refractivity (Wildman–Crippen MR) is 67.7 cm³/mol. The SMILES string of the molecule is O=C(c1ccoc1Cl)N(CCCl)C1CCCC1. The number of halogens is 2. The van der Waals surface area contributed by atoms with E-state index in [-0.39, 0.29) is 11.1 Å². The second-order valence-electron chi connectivity index (χ2n) is 4.23. The monoisotopic (exact) mass is 275 g/mol. The Balaban J connectivity index is 2.15. The quantitative estimate of drug-likeness (QED) is 0.788. The highest BCUT2D eigenvalue weighted by Gasteiger charge is 2.28. The van der Waals surface area contributed by atoms with E-state index < -0.39 is 0 Å². The van der Waals surface area contributed by atoms with Crippen LogP contribution < -0.4 is 0 Å². The zero-order valence-corrected chi connectivity index (χ0v) is 11.0. The van der Waals surface area contributed by atoms with Crippen molar-refractivity contribution in [1.82, 2.24) is 4.90 Å². The van der Waals surface area contributed by atoms with Crippen molar-refractivity contribution in [3.63, 3.8) is 0 Å². The minimum Gasteiger partial charge on any atom is -0.452 e. The lowest BCUT2D eigenvalue weighted by molar-refractivity contribution is 0.0694. The van der Waals surface area contributed by atoms with Crippen molar-refractivity contribution in [1.29, 1.82) is 0 Å². The third-order valence-electron chi connectivity index (χ3n) is 3.20. The van der Waals surface area contributed by atoms with Gasteiger partial charge in [0.15, 0.2) is 0 Å². The van der Waals surface area contributed by atoms with E-state index in [1.165, 1.54) is 19.1 Å². The fourth-order valence-electron chi connectivity index (χ4n) is 2.36. The topological polar surface area (TPSA) is 33.5 Å². The molecule has 1 amide bonds. The standard InChI is InChI=1S/C12H15Cl2NO2/c13-6-7-15(9-3-1-2-4-9)12(16)10-5-8-17-11(10)14/h5,8-9H,1-4,6-7H2. The van der Waals surface area contributed by atoms with Gasteiger partial charge in [-0.15, -0.1) is 11.6 Å². The Hall–Kier alpha value is -0.670. The lowest BCUT2D eigenvalue weighted by Crippen LogP contribution is -2.40. The van der Waals surface area contributed by atoms with E-state index in [4.69, 9.17) is 27.6 Å². The van der Waals surface area contributed by atoms with Gasteiger partial charge in [-0.3, -0.25) is 4.79 Å². The zero-order valence-electron chi connectivity index (χ0n) is 9.49. The number of alkyl halides is 1. The summed E-state index contributed by atoms with van der Waals surface area (Å²) in [6, 6.07) is 1.91. The van der Waals surface area contributed by atoms with Crippen LogP contribution in [0.2, 0.25) is 5.22 Å². The molecular formula is C12H15Cl2NO2. The number of carbonyl (C=O) groups is 1. The second-order valence-corrected chi connectivity index (χ2v) is 4.96. The van der Waals surface area contributed by atoms with Crippen LogP contribution in [0.25, 0.3) is 0 Å². The van der Waals surface area contributed by atoms with E-state index in [1.807, 2.05) is 4.90 Å². The van der Waals surface area contributed by atoms with E-state index >= 15 is 0 Å². The summed E-state index contributed by atoms with van der Waals surface area (Å²) in [6.45, 7) is 0.562. The maximum atomic E-state index is 12.3. The fraction of sp³-hybridized carbons (Fsp3) is 0.583. The van der Waals surface area contributed by atoms with E-state index in [0.717, 1.165) is 12.8 Å². The Bertz CT molecular complexity index is 386. The Labute approximate surface area is 111 Å². The van der Waals surface area contributed by atoms with Gasteiger partial charge in [-0.2, -0.15) is 0 Å². The van der Waals surface area contributed by atoms with Crippen molar-refractivity contribution in [2.45, 2.75) is 31.7 Å². The maximum absolute atomic E-state index is 12.3. The molecule has 0 radical (unpaired) electrons. The first kappa shape index (κ1) is 12.8. The molecule has 0 aromatic carbocycles. The average molecular weight is 276 g/mol. The van der Waals surface area contributed by atoms with Crippen molar-refractivity contribution in [2.24, 2.45) is 0 Å². The third kappa shape index (κ3) is 2.78. The molecule has 17 heavy (non-hydrogen) atoms. The Kier molecular flexibility index (Phi) is 4.35. The first-order valence-electron chi connectivity index (χ1n) is 5.84. The summed E-state index contributed by atoms with van der Waals surface area (Å²) in [7, 11) is 0. The molecule has 1 saturated carbocycles. The smallest absolute Gasteiger partial charge is 0.259 e. The van der Waals surface area contributed by atoms with Gasteiger partial charge in [0.05, 0.1) is 11.8 Å². The number of furan rings is 1. The normalized spacial score (nSPS) is 16.4. The van der Waals surface area contributed by atoms with Crippen molar-refractivity contribution < 1.29 is 9.21 Å². The Morgan fingerprint density at radius 3 is 2.71 bits per heavy atom. The van der Waals surface area contributed by atoms with Gasteiger partial charge >= 0.3 is 0 Å². The summed E-state index contributed by atoms with van der Waals surface area (Å²) in [6.07, 6.45) is 5.89. The average Bonchev–Trinajstić information content (AvgIpc) is 2.95. The number of rotatable bonds is 4. The van der Waals surface area contributed by atoms with Gasteiger partial charge in [0.1, 0.15) is 0 Å². The van der Waals surface area contributed by atoms with Crippen molar-refractivity contribution in [3.05, 3.63) is 23.1 Å². The van der Waals surface area contributed by atoms with Crippen LogP contribution in [-0.2, 0) is 0 Å². The molecular weight excluding hydrogens is 261 g/mol. The summed E-state index contributed by atoms with van der Waals surface area (Å²) >= 11 is 11.6. The molecule has 0 spiro atoms. The molecule has 1 fully saturated rings. The van der Waals surface area contributed by atoms with Gasteiger partial charge in [0, 0.05) is 18.5 Å². The maximum Gasteiger partial charge on any atom is 0.259 e. The van der Waals surface area contributed by atoms with Crippen LogP contribution in [-0.4, -0.2) is 29.3 Å².